The van der Waals surface area contributed by atoms with Crippen molar-refractivity contribution in [2.75, 3.05) is 11.9 Å². The topological polar surface area (TPSA) is 42.2 Å². The summed E-state index contributed by atoms with van der Waals surface area (Å²) < 4.78 is 1.86. The predicted molar refractivity (Wildman–Crippen MR) is 63.6 cm³/mol. The quantitative estimate of drug-likeness (QED) is 0.855. The molecule has 1 aliphatic rings. The lowest BCUT2D eigenvalue weighted by atomic mass is 10.1. The Bertz CT molecular complexity index is 525. The summed E-state index contributed by atoms with van der Waals surface area (Å²) in [7, 11) is 0. The molecule has 0 atom stereocenters. The number of hydrogen-bond acceptors (Lipinski definition) is 3. The maximum Gasteiger partial charge on any atom is 0.157 e. The van der Waals surface area contributed by atoms with E-state index in [0.29, 0.717) is 5.41 Å². The number of nitrogens with zero attached hydrogens (tertiary/aromatic N) is 3. The van der Waals surface area contributed by atoms with Crippen LogP contribution >= 0.6 is 0 Å². The van der Waals surface area contributed by atoms with E-state index < -0.39 is 0 Å². The van der Waals surface area contributed by atoms with Crippen LogP contribution in [0.5, 0.6) is 0 Å². The summed E-state index contributed by atoms with van der Waals surface area (Å²) in [4.78, 5) is 4.21. The van der Waals surface area contributed by atoms with E-state index >= 15 is 0 Å². The smallest absolute Gasteiger partial charge is 0.157 e. The fourth-order valence-electron chi connectivity index (χ4n) is 1.88. The highest BCUT2D eigenvalue weighted by Crippen LogP contribution is 2.44. The highest BCUT2D eigenvalue weighted by molar-refractivity contribution is 5.51. The lowest BCUT2D eigenvalue weighted by Crippen LogP contribution is -2.14. The summed E-state index contributed by atoms with van der Waals surface area (Å²) in [6.07, 6.45) is 4.25. The Morgan fingerprint density at radius 2 is 2.25 bits per heavy atom. The van der Waals surface area contributed by atoms with Crippen molar-refractivity contribution in [2.45, 2.75) is 26.7 Å². The minimum absolute atomic E-state index is 0.497. The van der Waals surface area contributed by atoms with Gasteiger partial charge in [0.25, 0.3) is 0 Å². The van der Waals surface area contributed by atoms with Crippen LogP contribution in [0.4, 0.5) is 5.82 Å². The molecule has 0 bridgehead atoms. The van der Waals surface area contributed by atoms with Crippen molar-refractivity contribution in [3.05, 3.63) is 24.0 Å². The molecule has 2 aromatic rings. The van der Waals surface area contributed by atoms with E-state index in [2.05, 4.69) is 35.3 Å². The first-order valence-electron chi connectivity index (χ1n) is 5.71. The zero-order chi connectivity index (χ0) is 11.2. The van der Waals surface area contributed by atoms with E-state index in [1.807, 2.05) is 10.6 Å². The van der Waals surface area contributed by atoms with Crippen molar-refractivity contribution in [1.29, 1.82) is 0 Å². The van der Waals surface area contributed by atoms with E-state index in [1.165, 1.54) is 18.4 Å². The molecule has 0 aromatic carbocycles. The zero-order valence-corrected chi connectivity index (χ0v) is 9.70. The fourth-order valence-corrected chi connectivity index (χ4v) is 1.88. The summed E-state index contributed by atoms with van der Waals surface area (Å²) in [5.41, 5.74) is 2.61. The molecule has 1 saturated carbocycles. The highest BCUT2D eigenvalue weighted by atomic mass is 15.3. The molecule has 4 heteroatoms. The van der Waals surface area contributed by atoms with Crippen LogP contribution in [0.15, 0.2) is 18.5 Å². The molecule has 1 N–H and O–H groups in total. The molecule has 0 amide bonds. The van der Waals surface area contributed by atoms with Crippen LogP contribution in [-0.4, -0.2) is 21.1 Å². The first-order chi connectivity index (χ1) is 7.66. The Morgan fingerprint density at radius 3 is 3.00 bits per heavy atom. The predicted octanol–water partition coefficient (Wildman–Crippen LogP) is 2.25. The van der Waals surface area contributed by atoms with Gasteiger partial charge in [-0.05, 0) is 42.9 Å². The Kier molecular flexibility index (Phi) is 1.93. The molecule has 0 unspecified atom stereocenters. The summed E-state index contributed by atoms with van der Waals surface area (Å²) in [5.74, 6) is 1.04. The molecular formula is C12H16N4. The number of pyridine rings is 1. The standard InChI is InChI=1S/C12H16N4/c1-9-5-10(13-7-12(2)3-4-12)16-11(6-9)14-8-15-16/h5-6,8,13H,3-4,7H2,1-2H3. The maximum atomic E-state index is 4.22. The number of aromatic nitrogens is 3. The van der Waals surface area contributed by atoms with Gasteiger partial charge in [0.2, 0.25) is 0 Å². The molecule has 0 saturated heterocycles. The van der Waals surface area contributed by atoms with Gasteiger partial charge in [0, 0.05) is 6.54 Å². The van der Waals surface area contributed by atoms with Crippen LogP contribution in [0.3, 0.4) is 0 Å². The summed E-state index contributed by atoms with van der Waals surface area (Å²) in [6, 6.07) is 4.16. The largest absolute Gasteiger partial charge is 0.369 e. The lowest BCUT2D eigenvalue weighted by Gasteiger charge is -2.12. The van der Waals surface area contributed by atoms with Crippen LogP contribution in [-0.2, 0) is 0 Å². The third-order valence-corrected chi connectivity index (χ3v) is 3.32. The van der Waals surface area contributed by atoms with Gasteiger partial charge in [-0.1, -0.05) is 6.92 Å². The van der Waals surface area contributed by atoms with Gasteiger partial charge in [-0.25, -0.2) is 4.98 Å². The highest BCUT2D eigenvalue weighted by Gasteiger charge is 2.36. The number of anilines is 1. The third kappa shape index (κ3) is 1.64. The Hall–Kier alpha value is -1.58. The first kappa shape index (κ1) is 9.63. The van der Waals surface area contributed by atoms with Crippen LogP contribution in [0.25, 0.3) is 5.65 Å². The van der Waals surface area contributed by atoms with Crippen molar-refractivity contribution in [2.24, 2.45) is 5.41 Å². The third-order valence-electron chi connectivity index (χ3n) is 3.32. The van der Waals surface area contributed by atoms with Crippen LogP contribution in [0.2, 0.25) is 0 Å². The van der Waals surface area contributed by atoms with E-state index in [4.69, 9.17) is 0 Å². The van der Waals surface area contributed by atoms with Crippen molar-refractivity contribution < 1.29 is 0 Å². The maximum absolute atomic E-state index is 4.22. The molecule has 2 aromatic heterocycles. The molecule has 4 nitrogen and oxygen atoms in total. The van der Waals surface area contributed by atoms with E-state index in [9.17, 15) is 0 Å². The van der Waals surface area contributed by atoms with Crippen molar-refractivity contribution in [3.8, 4) is 0 Å². The molecule has 1 aliphatic carbocycles. The molecule has 16 heavy (non-hydrogen) atoms. The molecule has 0 spiro atoms. The molecule has 84 valence electrons. The van der Waals surface area contributed by atoms with Crippen LogP contribution in [0.1, 0.15) is 25.3 Å². The second kappa shape index (κ2) is 3.20. The Morgan fingerprint density at radius 1 is 1.44 bits per heavy atom. The van der Waals surface area contributed by atoms with Gasteiger partial charge < -0.3 is 5.32 Å². The van der Waals surface area contributed by atoms with Crippen molar-refractivity contribution >= 4 is 11.5 Å². The van der Waals surface area contributed by atoms with Crippen molar-refractivity contribution in [3.63, 3.8) is 0 Å². The monoisotopic (exact) mass is 216 g/mol. The van der Waals surface area contributed by atoms with Crippen LogP contribution in [0, 0.1) is 12.3 Å². The van der Waals surface area contributed by atoms with Gasteiger partial charge in [0.05, 0.1) is 0 Å². The van der Waals surface area contributed by atoms with Gasteiger partial charge in [-0.15, -0.1) is 0 Å². The molecule has 3 rings (SSSR count). The van der Waals surface area contributed by atoms with E-state index in [0.717, 1.165) is 18.0 Å². The van der Waals surface area contributed by atoms with E-state index in [-0.39, 0.29) is 0 Å². The van der Waals surface area contributed by atoms with Gasteiger partial charge in [0.1, 0.15) is 12.1 Å². The summed E-state index contributed by atoms with van der Waals surface area (Å²) >= 11 is 0. The minimum Gasteiger partial charge on any atom is -0.369 e. The second-order valence-corrected chi connectivity index (χ2v) is 5.11. The lowest BCUT2D eigenvalue weighted by molar-refractivity contribution is 0.608. The van der Waals surface area contributed by atoms with Gasteiger partial charge >= 0.3 is 0 Å². The SMILES string of the molecule is Cc1cc(NCC2(C)CC2)n2ncnc2c1. The van der Waals surface area contributed by atoms with Gasteiger partial charge in [-0.2, -0.15) is 9.61 Å². The molecule has 2 heterocycles. The summed E-state index contributed by atoms with van der Waals surface area (Å²) in [6.45, 7) is 5.42. The molecule has 0 radical (unpaired) electrons. The number of rotatable bonds is 3. The Labute approximate surface area is 94.7 Å². The fraction of sp³-hybridized carbons (Fsp3) is 0.500. The summed E-state index contributed by atoms with van der Waals surface area (Å²) in [5, 5.41) is 7.70. The second-order valence-electron chi connectivity index (χ2n) is 5.11. The number of fused-ring (bicyclic) bond motifs is 1. The Balaban J connectivity index is 1.92. The molecular weight excluding hydrogens is 200 g/mol. The first-order valence-corrected chi connectivity index (χ1v) is 5.71. The normalized spacial score (nSPS) is 17.6. The number of hydrogen-bond donors (Lipinski definition) is 1. The minimum atomic E-state index is 0.497. The van der Waals surface area contributed by atoms with E-state index in [1.54, 1.807) is 6.33 Å². The zero-order valence-electron chi connectivity index (χ0n) is 9.70. The molecule has 1 fully saturated rings. The van der Waals surface area contributed by atoms with Crippen molar-refractivity contribution in [1.82, 2.24) is 14.6 Å². The average Bonchev–Trinajstić information content (AvgIpc) is 2.79. The van der Waals surface area contributed by atoms with Crippen LogP contribution < -0.4 is 5.32 Å². The molecule has 0 aliphatic heterocycles. The number of nitrogens with one attached hydrogen (secondary N) is 1. The van der Waals surface area contributed by atoms with Gasteiger partial charge in [-0.3, -0.25) is 0 Å². The number of aryl methyl sites for hydroxylation is 1. The van der Waals surface area contributed by atoms with Gasteiger partial charge in [0.15, 0.2) is 5.65 Å². The average molecular weight is 216 g/mol.